The van der Waals surface area contributed by atoms with Crippen LogP contribution in [0.3, 0.4) is 0 Å². The quantitative estimate of drug-likeness (QED) is 0.360. The Bertz CT molecular complexity index is 989. The minimum absolute atomic E-state index is 0.0801. The monoisotopic (exact) mass is 415 g/mol. The van der Waals surface area contributed by atoms with Gasteiger partial charge in [-0.3, -0.25) is 9.59 Å². The maximum atomic E-state index is 12.2. The molecule has 3 rings (SSSR count). The Balaban J connectivity index is 1.52. The zero-order valence-corrected chi connectivity index (χ0v) is 17.5. The summed E-state index contributed by atoms with van der Waals surface area (Å²) < 4.78 is 5.26. The number of amides is 1. The van der Waals surface area contributed by atoms with Crippen LogP contribution in [-0.2, 0) is 20.9 Å². The summed E-state index contributed by atoms with van der Waals surface area (Å²) in [5.74, 6) is -0.698. The normalized spacial score (nSPS) is 12.0. The number of fused-ring (bicyclic) bond motifs is 1. The fraction of sp³-hybridized carbons (Fsp3) is 0.300. The molecule has 1 atom stereocenters. The van der Waals surface area contributed by atoms with E-state index in [4.69, 9.17) is 4.74 Å². The average Bonchev–Trinajstić information content (AvgIpc) is 2.99. The molecule has 0 saturated heterocycles. The molecule has 1 amide bonds. The van der Waals surface area contributed by atoms with Crippen LogP contribution in [0.2, 0.25) is 0 Å². The molecule has 0 aliphatic heterocycles. The second kappa shape index (κ2) is 9.16. The molecule has 8 heteroatoms. The highest BCUT2D eigenvalue weighted by Crippen LogP contribution is 2.34. The predicted octanol–water partition coefficient (Wildman–Crippen LogP) is 3.65. The van der Waals surface area contributed by atoms with Crippen molar-refractivity contribution in [3.05, 3.63) is 52.7 Å². The van der Waals surface area contributed by atoms with Crippen molar-refractivity contribution in [2.24, 2.45) is 0 Å². The Labute approximate surface area is 171 Å². The molecule has 2 heterocycles. The summed E-state index contributed by atoms with van der Waals surface area (Å²) in [5, 5.41) is 4.51. The number of carbonyl (C=O) groups excluding carboxylic acids is 2. The lowest BCUT2D eigenvalue weighted by Gasteiger charge is -2.13. The van der Waals surface area contributed by atoms with E-state index in [1.165, 1.54) is 23.0 Å². The molecule has 0 saturated carbocycles. The number of thiophene rings is 1. The van der Waals surface area contributed by atoms with Crippen molar-refractivity contribution in [2.45, 2.75) is 38.4 Å². The Morgan fingerprint density at radius 3 is 2.71 bits per heavy atom. The van der Waals surface area contributed by atoms with Gasteiger partial charge in [-0.05, 0) is 31.9 Å². The first-order chi connectivity index (χ1) is 13.5. The highest BCUT2D eigenvalue weighted by Gasteiger charge is 2.19. The van der Waals surface area contributed by atoms with E-state index in [1.54, 1.807) is 18.3 Å². The highest BCUT2D eigenvalue weighted by atomic mass is 32.2. The number of benzene rings is 1. The van der Waals surface area contributed by atoms with Gasteiger partial charge in [0.05, 0.1) is 5.75 Å². The number of ether oxygens (including phenoxy) is 1. The standard InChI is InChI=1S/C20H21N3O3S2/c1-12-14(3)28-20-17(12)19(22-11-23-20)27-10-16(24)26-13(2)18(25)21-9-15-7-5-4-6-8-15/h4-8,11,13H,9-10H2,1-3H3,(H,21,25)/t13-/m1/s1. The molecule has 1 N–H and O–H groups in total. The molecule has 6 nitrogen and oxygen atoms in total. The van der Waals surface area contributed by atoms with Gasteiger partial charge in [-0.25, -0.2) is 9.97 Å². The van der Waals surface area contributed by atoms with Crippen molar-refractivity contribution < 1.29 is 14.3 Å². The molecule has 28 heavy (non-hydrogen) atoms. The van der Waals surface area contributed by atoms with Crippen LogP contribution in [-0.4, -0.2) is 33.7 Å². The number of rotatable bonds is 7. The van der Waals surface area contributed by atoms with Crippen molar-refractivity contribution in [3.63, 3.8) is 0 Å². The Morgan fingerprint density at radius 2 is 1.96 bits per heavy atom. The highest BCUT2D eigenvalue weighted by molar-refractivity contribution is 8.00. The molecular weight excluding hydrogens is 394 g/mol. The number of hydrogen-bond acceptors (Lipinski definition) is 7. The van der Waals surface area contributed by atoms with Crippen LogP contribution in [0.25, 0.3) is 10.2 Å². The lowest BCUT2D eigenvalue weighted by molar-refractivity contribution is -0.152. The van der Waals surface area contributed by atoms with Crippen molar-refractivity contribution >= 4 is 45.2 Å². The first-order valence-corrected chi connectivity index (χ1v) is 10.6. The largest absolute Gasteiger partial charge is 0.452 e. The topological polar surface area (TPSA) is 81.2 Å². The molecule has 1 aromatic carbocycles. The van der Waals surface area contributed by atoms with E-state index >= 15 is 0 Å². The lowest BCUT2D eigenvalue weighted by Crippen LogP contribution is -2.35. The number of aromatic nitrogens is 2. The van der Waals surface area contributed by atoms with Crippen LogP contribution in [0.5, 0.6) is 0 Å². The minimum Gasteiger partial charge on any atom is -0.452 e. The van der Waals surface area contributed by atoms with Gasteiger partial charge in [-0.2, -0.15) is 0 Å². The van der Waals surface area contributed by atoms with Gasteiger partial charge >= 0.3 is 5.97 Å². The summed E-state index contributed by atoms with van der Waals surface area (Å²) >= 11 is 2.91. The summed E-state index contributed by atoms with van der Waals surface area (Å²) in [7, 11) is 0. The average molecular weight is 416 g/mol. The predicted molar refractivity (Wildman–Crippen MR) is 111 cm³/mol. The molecule has 0 spiro atoms. The van der Waals surface area contributed by atoms with Crippen LogP contribution in [0.1, 0.15) is 22.9 Å². The molecule has 0 fully saturated rings. The zero-order chi connectivity index (χ0) is 20.1. The third-order valence-corrected chi connectivity index (χ3v) is 6.32. The molecule has 0 bridgehead atoms. The SMILES string of the molecule is Cc1sc2ncnc(SCC(=O)O[C@H](C)C(=O)NCc3ccccc3)c2c1C. The summed E-state index contributed by atoms with van der Waals surface area (Å²) in [6.07, 6.45) is 0.651. The molecule has 0 aliphatic rings. The first-order valence-electron chi connectivity index (χ1n) is 8.80. The maximum absolute atomic E-state index is 12.2. The third kappa shape index (κ3) is 4.88. The minimum atomic E-state index is -0.854. The summed E-state index contributed by atoms with van der Waals surface area (Å²) in [6.45, 7) is 6.03. The van der Waals surface area contributed by atoms with Crippen LogP contribution >= 0.6 is 23.1 Å². The van der Waals surface area contributed by atoms with Crippen molar-refractivity contribution in [2.75, 3.05) is 5.75 Å². The number of nitrogens with zero attached hydrogens (tertiary/aromatic N) is 2. The molecule has 2 aromatic heterocycles. The van der Waals surface area contributed by atoms with E-state index in [2.05, 4.69) is 15.3 Å². The number of hydrogen-bond donors (Lipinski definition) is 1. The Hall–Kier alpha value is -2.45. The van der Waals surface area contributed by atoms with E-state index in [1.807, 2.05) is 44.2 Å². The van der Waals surface area contributed by atoms with Crippen LogP contribution < -0.4 is 5.32 Å². The van der Waals surface area contributed by atoms with Crippen LogP contribution in [0.4, 0.5) is 0 Å². The Morgan fingerprint density at radius 1 is 1.21 bits per heavy atom. The summed E-state index contributed by atoms with van der Waals surface area (Å²) in [4.78, 5) is 35.0. The van der Waals surface area contributed by atoms with Crippen LogP contribution in [0, 0.1) is 13.8 Å². The van der Waals surface area contributed by atoms with Crippen molar-refractivity contribution in [3.8, 4) is 0 Å². The lowest BCUT2D eigenvalue weighted by atomic mass is 10.2. The second-order valence-corrected chi connectivity index (χ2v) is 8.43. The van der Waals surface area contributed by atoms with E-state index < -0.39 is 12.1 Å². The van der Waals surface area contributed by atoms with Crippen molar-refractivity contribution in [1.82, 2.24) is 15.3 Å². The van der Waals surface area contributed by atoms with Gasteiger partial charge in [0.15, 0.2) is 6.10 Å². The number of thioether (sulfide) groups is 1. The number of nitrogens with one attached hydrogen (secondary N) is 1. The molecule has 146 valence electrons. The maximum Gasteiger partial charge on any atom is 0.317 e. The van der Waals surface area contributed by atoms with E-state index in [0.29, 0.717) is 6.54 Å². The van der Waals surface area contributed by atoms with E-state index in [-0.39, 0.29) is 11.7 Å². The third-order valence-electron chi connectivity index (χ3n) is 4.24. The number of aryl methyl sites for hydroxylation is 2. The van der Waals surface area contributed by atoms with Gasteiger partial charge in [-0.1, -0.05) is 42.1 Å². The molecule has 0 radical (unpaired) electrons. The zero-order valence-electron chi connectivity index (χ0n) is 15.9. The number of esters is 1. The Kier molecular flexibility index (Phi) is 6.64. The first kappa shape index (κ1) is 20.3. The summed E-state index contributed by atoms with van der Waals surface area (Å²) in [6, 6.07) is 9.57. The number of carbonyl (C=O) groups is 2. The molecule has 3 aromatic rings. The smallest absolute Gasteiger partial charge is 0.317 e. The molecule has 0 unspecified atom stereocenters. The second-order valence-electron chi connectivity index (χ2n) is 6.27. The van der Waals surface area contributed by atoms with Gasteiger partial charge in [0.25, 0.3) is 5.91 Å². The van der Waals surface area contributed by atoms with Crippen molar-refractivity contribution in [1.29, 1.82) is 0 Å². The van der Waals surface area contributed by atoms with Gasteiger partial charge < -0.3 is 10.1 Å². The van der Waals surface area contributed by atoms with E-state index in [0.717, 1.165) is 26.4 Å². The molecular formula is C20H21N3O3S2. The van der Waals surface area contributed by atoms with E-state index in [9.17, 15) is 9.59 Å². The molecule has 0 aliphatic carbocycles. The van der Waals surface area contributed by atoms with Crippen LogP contribution in [0.15, 0.2) is 41.7 Å². The fourth-order valence-corrected chi connectivity index (χ4v) is 4.50. The fourth-order valence-electron chi connectivity index (χ4n) is 2.60. The van der Waals surface area contributed by atoms with Gasteiger partial charge in [-0.15, -0.1) is 11.3 Å². The van der Waals surface area contributed by atoms with Gasteiger partial charge in [0.2, 0.25) is 0 Å². The van der Waals surface area contributed by atoms with Gasteiger partial charge in [0, 0.05) is 16.8 Å². The summed E-state index contributed by atoms with van der Waals surface area (Å²) in [5.41, 5.74) is 2.12. The van der Waals surface area contributed by atoms with Gasteiger partial charge in [0.1, 0.15) is 16.2 Å².